The van der Waals surface area contributed by atoms with Gasteiger partial charge in [-0.25, -0.2) is 0 Å². The summed E-state index contributed by atoms with van der Waals surface area (Å²) in [5.74, 6) is 0. The molecule has 0 aromatic heterocycles. The Kier molecular flexibility index (Phi) is 7.25. The van der Waals surface area contributed by atoms with Crippen molar-refractivity contribution in [1.82, 2.24) is 0 Å². The lowest BCUT2D eigenvalue weighted by atomic mass is 9.73. The van der Waals surface area contributed by atoms with E-state index in [1.165, 1.54) is 32.1 Å². The number of rotatable bonds is 8. The van der Waals surface area contributed by atoms with E-state index in [-0.39, 0.29) is 5.41 Å². The van der Waals surface area contributed by atoms with Crippen LogP contribution in [0.5, 0.6) is 0 Å². The molecule has 1 unspecified atom stereocenters. The average Bonchev–Trinajstić information content (AvgIpc) is 2.21. The number of hydrogen-bond donors (Lipinski definition) is 2. The van der Waals surface area contributed by atoms with Crippen LogP contribution in [0, 0.1) is 5.41 Å². The van der Waals surface area contributed by atoms with E-state index in [9.17, 15) is 5.11 Å². The van der Waals surface area contributed by atoms with E-state index >= 15 is 0 Å². The molecule has 0 spiro atoms. The zero-order valence-electron chi connectivity index (χ0n) is 11.7. The molecule has 3 N–H and O–H groups in total. The fourth-order valence-electron chi connectivity index (χ4n) is 1.98. The van der Waals surface area contributed by atoms with Gasteiger partial charge in [-0.2, -0.15) is 0 Å². The summed E-state index contributed by atoms with van der Waals surface area (Å²) < 4.78 is 0. The predicted molar refractivity (Wildman–Crippen MR) is 71.5 cm³/mol. The van der Waals surface area contributed by atoms with Gasteiger partial charge in [0.1, 0.15) is 0 Å². The van der Waals surface area contributed by atoms with Gasteiger partial charge < -0.3 is 10.8 Å². The molecule has 0 aromatic rings. The minimum atomic E-state index is -0.697. The van der Waals surface area contributed by atoms with Crippen LogP contribution in [0.25, 0.3) is 0 Å². The molecule has 98 valence electrons. The topological polar surface area (TPSA) is 46.2 Å². The molecule has 0 radical (unpaired) electrons. The van der Waals surface area contributed by atoms with Crippen LogP contribution in [0.2, 0.25) is 0 Å². The summed E-state index contributed by atoms with van der Waals surface area (Å²) in [4.78, 5) is 0. The van der Waals surface area contributed by atoms with Crippen LogP contribution in [-0.2, 0) is 0 Å². The normalized spacial score (nSPS) is 16.1. The first-order chi connectivity index (χ1) is 7.37. The summed E-state index contributed by atoms with van der Waals surface area (Å²) in [6, 6.07) is 0. The fraction of sp³-hybridized carbons (Fsp3) is 1.00. The third-order valence-electron chi connectivity index (χ3n) is 3.68. The summed E-state index contributed by atoms with van der Waals surface area (Å²) >= 11 is 0. The second kappa shape index (κ2) is 7.29. The van der Waals surface area contributed by atoms with Crippen molar-refractivity contribution in [3.8, 4) is 0 Å². The van der Waals surface area contributed by atoms with E-state index < -0.39 is 5.60 Å². The molecule has 0 aliphatic heterocycles. The van der Waals surface area contributed by atoms with Gasteiger partial charge in [-0.3, -0.25) is 0 Å². The molecule has 0 aromatic carbocycles. The maximum Gasteiger partial charge on any atom is 0.0817 e. The van der Waals surface area contributed by atoms with E-state index in [1.807, 2.05) is 0 Å². The van der Waals surface area contributed by atoms with E-state index in [2.05, 4.69) is 27.7 Å². The molecule has 2 nitrogen and oxygen atoms in total. The Morgan fingerprint density at radius 1 is 0.938 bits per heavy atom. The standard InChI is InChI=1S/C14H31NO/c1-5-6-7-8-9-10-11-14(16,12-15)13(2,3)4/h16H,5-12,15H2,1-4H3. The lowest BCUT2D eigenvalue weighted by molar-refractivity contribution is -0.0579. The maximum absolute atomic E-state index is 10.4. The first-order valence-corrected chi connectivity index (χ1v) is 6.80. The smallest absolute Gasteiger partial charge is 0.0817 e. The number of unbranched alkanes of at least 4 members (excludes halogenated alkanes) is 5. The summed E-state index contributed by atoms with van der Waals surface area (Å²) in [7, 11) is 0. The highest BCUT2D eigenvalue weighted by Crippen LogP contribution is 2.33. The quantitative estimate of drug-likeness (QED) is 0.626. The van der Waals surface area contributed by atoms with Crippen molar-refractivity contribution in [2.24, 2.45) is 11.1 Å². The fourth-order valence-corrected chi connectivity index (χ4v) is 1.98. The highest BCUT2D eigenvalue weighted by atomic mass is 16.3. The van der Waals surface area contributed by atoms with Crippen LogP contribution in [-0.4, -0.2) is 17.3 Å². The average molecular weight is 229 g/mol. The van der Waals surface area contributed by atoms with Crippen molar-refractivity contribution in [3.63, 3.8) is 0 Å². The Labute approximate surface area is 102 Å². The van der Waals surface area contributed by atoms with Crippen LogP contribution in [0.4, 0.5) is 0 Å². The third kappa shape index (κ3) is 5.31. The van der Waals surface area contributed by atoms with Crippen LogP contribution >= 0.6 is 0 Å². The highest BCUT2D eigenvalue weighted by Gasteiger charge is 2.37. The van der Waals surface area contributed by atoms with E-state index in [1.54, 1.807) is 0 Å². The number of aliphatic hydroxyl groups is 1. The number of nitrogens with two attached hydrogens (primary N) is 1. The lowest BCUT2D eigenvalue weighted by Gasteiger charge is -2.39. The molecule has 0 heterocycles. The van der Waals surface area contributed by atoms with Crippen molar-refractivity contribution in [2.75, 3.05) is 6.54 Å². The minimum Gasteiger partial charge on any atom is -0.388 e. The molecule has 1 atom stereocenters. The van der Waals surface area contributed by atoms with Gasteiger partial charge in [-0.15, -0.1) is 0 Å². The SMILES string of the molecule is CCCCCCCCC(O)(CN)C(C)(C)C. The lowest BCUT2D eigenvalue weighted by Crippen LogP contribution is -2.49. The Balaban J connectivity index is 3.80. The zero-order valence-corrected chi connectivity index (χ0v) is 11.7. The van der Waals surface area contributed by atoms with E-state index in [0.29, 0.717) is 6.54 Å². The van der Waals surface area contributed by atoms with Crippen molar-refractivity contribution in [2.45, 2.75) is 78.2 Å². The van der Waals surface area contributed by atoms with Crippen molar-refractivity contribution >= 4 is 0 Å². The zero-order chi connectivity index (χ0) is 12.7. The molecule has 0 saturated heterocycles. The van der Waals surface area contributed by atoms with Crippen LogP contribution in [0.15, 0.2) is 0 Å². The van der Waals surface area contributed by atoms with Gasteiger partial charge in [-0.05, 0) is 11.8 Å². The summed E-state index contributed by atoms with van der Waals surface area (Å²) in [6.45, 7) is 8.79. The van der Waals surface area contributed by atoms with Gasteiger partial charge >= 0.3 is 0 Å². The van der Waals surface area contributed by atoms with Crippen LogP contribution < -0.4 is 5.73 Å². The molecule has 0 amide bonds. The van der Waals surface area contributed by atoms with Crippen molar-refractivity contribution < 1.29 is 5.11 Å². The Morgan fingerprint density at radius 2 is 1.44 bits per heavy atom. The molecule has 0 aliphatic carbocycles. The summed E-state index contributed by atoms with van der Waals surface area (Å²) in [6.07, 6.45) is 8.38. The molecule has 0 bridgehead atoms. The second-order valence-electron chi connectivity index (χ2n) is 6.00. The third-order valence-corrected chi connectivity index (χ3v) is 3.68. The molecule has 16 heavy (non-hydrogen) atoms. The monoisotopic (exact) mass is 229 g/mol. The molecular formula is C14H31NO. The van der Waals surface area contributed by atoms with Gasteiger partial charge in [-0.1, -0.05) is 66.2 Å². The predicted octanol–water partition coefficient (Wildman–Crippen LogP) is 3.47. The van der Waals surface area contributed by atoms with Gasteiger partial charge in [0, 0.05) is 6.54 Å². The van der Waals surface area contributed by atoms with Crippen molar-refractivity contribution in [3.05, 3.63) is 0 Å². The molecule has 0 fully saturated rings. The first kappa shape index (κ1) is 15.9. The summed E-state index contributed by atoms with van der Waals surface area (Å²) in [5, 5.41) is 10.4. The molecule has 2 heteroatoms. The van der Waals surface area contributed by atoms with E-state index in [4.69, 9.17) is 5.73 Å². The highest BCUT2D eigenvalue weighted by molar-refractivity contribution is 4.91. The largest absolute Gasteiger partial charge is 0.388 e. The van der Waals surface area contributed by atoms with Gasteiger partial charge in [0.05, 0.1) is 5.60 Å². The van der Waals surface area contributed by atoms with Crippen LogP contribution in [0.3, 0.4) is 0 Å². The molecule has 0 rings (SSSR count). The van der Waals surface area contributed by atoms with Gasteiger partial charge in [0.25, 0.3) is 0 Å². The van der Waals surface area contributed by atoms with Gasteiger partial charge in [0.2, 0.25) is 0 Å². The molecular weight excluding hydrogens is 198 g/mol. The van der Waals surface area contributed by atoms with Crippen molar-refractivity contribution in [1.29, 1.82) is 0 Å². The summed E-state index contributed by atoms with van der Waals surface area (Å²) in [5.41, 5.74) is 4.89. The number of hydrogen-bond acceptors (Lipinski definition) is 2. The van der Waals surface area contributed by atoms with E-state index in [0.717, 1.165) is 12.8 Å². The molecule has 0 saturated carbocycles. The minimum absolute atomic E-state index is 0.120. The Bertz CT molecular complexity index is 174. The Morgan fingerprint density at radius 3 is 1.88 bits per heavy atom. The van der Waals surface area contributed by atoms with Crippen LogP contribution in [0.1, 0.15) is 72.6 Å². The molecule has 0 aliphatic rings. The maximum atomic E-state index is 10.4. The van der Waals surface area contributed by atoms with Gasteiger partial charge in [0.15, 0.2) is 0 Å². The first-order valence-electron chi connectivity index (χ1n) is 6.80. The second-order valence-corrected chi connectivity index (χ2v) is 6.00. The Hall–Kier alpha value is -0.0800.